The average Bonchev–Trinajstić information content (AvgIpc) is 2.83. The first kappa shape index (κ1) is 11.9. The van der Waals surface area contributed by atoms with Crippen molar-refractivity contribution in [2.24, 2.45) is 0 Å². The second kappa shape index (κ2) is 5.15. The fraction of sp³-hybridized carbons (Fsp3) is 0.154. The maximum atomic E-state index is 11.8. The van der Waals surface area contributed by atoms with Crippen molar-refractivity contribution in [3.63, 3.8) is 0 Å². The monoisotopic (exact) mass is 240 g/mol. The summed E-state index contributed by atoms with van der Waals surface area (Å²) in [6, 6.07) is 11.3. The van der Waals surface area contributed by atoms with Crippen molar-refractivity contribution in [1.82, 2.24) is 15.1 Å². The van der Waals surface area contributed by atoms with E-state index in [0.29, 0.717) is 12.1 Å². The second-order valence-electron chi connectivity index (χ2n) is 3.63. The van der Waals surface area contributed by atoms with Gasteiger partial charge in [0.05, 0.1) is 17.4 Å². The lowest BCUT2D eigenvalue weighted by Gasteiger charge is -2.03. The minimum atomic E-state index is -0.281. The third-order valence-corrected chi connectivity index (χ3v) is 2.46. The van der Waals surface area contributed by atoms with E-state index < -0.39 is 0 Å². The molecule has 90 valence electrons. The smallest absolute Gasteiger partial charge is 0.255 e. The molecule has 5 nitrogen and oxygen atoms in total. The van der Waals surface area contributed by atoms with E-state index in [0.717, 1.165) is 5.69 Å². The summed E-state index contributed by atoms with van der Waals surface area (Å²) in [4.78, 5) is 11.8. The molecule has 1 N–H and O–H groups in total. The molecule has 1 aromatic carbocycles. The van der Waals surface area contributed by atoms with Crippen LogP contribution in [-0.2, 0) is 0 Å². The van der Waals surface area contributed by atoms with Crippen molar-refractivity contribution in [1.29, 1.82) is 5.26 Å². The first-order chi connectivity index (χ1) is 8.77. The highest BCUT2D eigenvalue weighted by molar-refractivity contribution is 5.96. The third-order valence-electron chi connectivity index (χ3n) is 2.46. The van der Waals surface area contributed by atoms with Crippen LogP contribution in [0.2, 0.25) is 0 Å². The second-order valence-corrected chi connectivity index (χ2v) is 3.63. The van der Waals surface area contributed by atoms with E-state index >= 15 is 0 Å². The van der Waals surface area contributed by atoms with Gasteiger partial charge in [-0.2, -0.15) is 10.4 Å². The highest BCUT2D eigenvalue weighted by atomic mass is 16.1. The standard InChI is InChI=1S/C13H12N4O/c1-2-15-13(18)11-9-16-17(12(11)8-14)10-6-4-3-5-7-10/h3-7,9H,2H2,1H3,(H,15,18). The molecule has 0 aliphatic carbocycles. The Morgan fingerprint density at radius 2 is 2.17 bits per heavy atom. The first-order valence-corrected chi connectivity index (χ1v) is 5.59. The summed E-state index contributed by atoms with van der Waals surface area (Å²) in [7, 11) is 0. The summed E-state index contributed by atoms with van der Waals surface area (Å²) in [5.41, 5.74) is 1.29. The molecule has 0 fully saturated rings. The normalized spacial score (nSPS) is 9.78. The van der Waals surface area contributed by atoms with Gasteiger partial charge in [0, 0.05) is 6.54 Å². The molecule has 0 spiro atoms. The molecule has 0 radical (unpaired) electrons. The molecular weight excluding hydrogens is 228 g/mol. The fourth-order valence-electron chi connectivity index (χ4n) is 1.64. The maximum absolute atomic E-state index is 11.8. The predicted octanol–water partition coefficient (Wildman–Crippen LogP) is 1.49. The van der Waals surface area contributed by atoms with Crippen LogP contribution in [0.15, 0.2) is 36.5 Å². The highest BCUT2D eigenvalue weighted by Crippen LogP contribution is 2.13. The molecule has 5 heteroatoms. The van der Waals surface area contributed by atoms with E-state index in [-0.39, 0.29) is 11.6 Å². The molecular formula is C13H12N4O. The number of nitrogens with zero attached hydrogens (tertiary/aromatic N) is 3. The van der Waals surface area contributed by atoms with Gasteiger partial charge in [-0.1, -0.05) is 18.2 Å². The van der Waals surface area contributed by atoms with Crippen LogP contribution >= 0.6 is 0 Å². The Morgan fingerprint density at radius 1 is 1.44 bits per heavy atom. The Morgan fingerprint density at radius 3 is 2.78 bits per heavy atom. The van der Waals surface area contributed by atoms with Crippen LogP contribution in [0.5, 0.6) is 0 Å². The molecule has 0 atom stereocenters. The zero-order valence-electron chi connectivity index (χ0n) is 9.92. The van der Waals surface area contributed by atoms with Gasteiger partial charge in [-0.3, -0.25) is 4.79 Å². The van der Waals surface area contributed by atoms with Crippen molar-refractivity contribution < 1.29 is 4.79 Å². The van der Waals surface area contributed by atoms with E-state index in [1.165, 1.54) is 10.9 Å². The Balaban J connectivity index is 2.47. The molecule has 0 aliphatic heterocycles. The van der Waals surface area contributed by atoms with Gasteiger partial charge in [0.15, 0.2) is 5.69 Å². The van der Waals surface area contributed by atoms with Crippen LogP contribution in [0.1, 0.15) is 23.0 Å². The Hall–Kier alpha value is -2.61. The number of amides is 1. The van der Waals surface area contributed by atoms with Crippen molar-refractivity contribution >= 4 is 5.91 Å². The van der Waals surface area contributed by atoms with Gasteiger partial charge >= 0.3 is 0 Å². The zero-order valence-corrected chi connectivity index (χ0v) is 9.92. The van der Waals surface area contributed by atoms with E-state index in [1.807, 2.05) is 43.3 Å². The number of rotatable bonds is 3. The summed E-state index contributed by atoms with van der Waals surface area (Å²) in [5.74, 6) is -0.281. The summed E-state index contributed by atoms with van der Waals surface area (Å²) < 4.78 is 1.46. The van der Waals surface area contributed by atoms with Gasteiger partial charge in [0.1, 0.15) is 6.07 Å². The van der Waals surface area contributed by atoms with Crippen LogP contribution in [0.25, 0.3) is 5.69 Å². The summed E-state index contributed by atoms with van der Waals surface area (Å²) >= 11 is 0. The van der Waals surface area contributed by atoms with Gasteiger partial charge in [0.2, 0.25) is 0 Å². The van der Waals surface area contributed by atoms with E-state index in [9.17, 15) is 10.1 Å². The number of nitriles is 1. The van der Waals surface area contributed by atoms with Gasteiger partial charge < -0.3 is 5.32 Å². The van der Waals surface area contributed by atoms with Crippen molar-refractivity contribution in [2.75, 3.05) is 6.54 Å². The Bertz CT molecular complexity index is 595. The minimum Gasteiger partial charge on any atom is -0.352 e. The van der Waals surface area contributed by atoms with E-state index in [4.69, 9.17) is 0 Å². The molecule has 2 aromatic rings. The van der Waals surface area contributed by atoms with Crippen LogP contribution in [0.4, 0.5) is 0 Å². The molecule has 0 aliphatic rings. The van der Waals surface area contributed by atoms with Gasteiger partial charge in [0.25, 0.3) is 5.91 Å². The molecule has 2 rings (SSSR count). The lowest BCUT2D eigenvalue weighted by Crippen LogP contribution is -2.23. The highest BCUT2D eigenvalue weighted by Gasteiger charge is 2.17. The van der Waals surface area contributed by atoms with Gasteiger partial charge in [-0.15, -0.1) is 0 Å². The molecule has 1 aromatic heterocycles. The topological polar surface area (TPSA) is 70.7 Å². The fourth-order valence-corrected chi connectivity index (χ4v) is 1.64. The van der Waals surface area contributed by atoms with E-state index in [1.54, 1.807) is 0 Å². The zero-order chi connectivity index (χ0) is 13.0. The lowest BCUT2D eigenvalue weighted by atomic mass is 10.2. The third kappa shape index (κ3) is 2.09. The Labute approximate surface area is 105 Å². The molecule has 0 saturated carbocycles. The largest absolute Gasteiger partial charge is 0.352 e. The quantitative estimate of drug-likeness (QED) is 0.883. The minimum absolute atomic E-state index is 0.243. The summed E-state index contributed by atoms with van der Waals surface area (Å²) in [6.45, 7) is 2.34. The summed E-state index contributed by atoms with van der Waals surface area (Å²) in [6.07, 6.45) is 1.41. The number of hydrogen-bond acceptors (Lipinski definition) is 3. The van der Waals surface area contributed by atoms with Gasteiger partial charge in [-0.25, -0.2) is 4.68 Å². The maximum Gasteiger partial charge on any atom is 0.255 e. The SMILES string of the molecule is CCNC(=O)c1cnn(-c2ccccc2)c1C#N. The number of carbonyl (C=O) groups excluding carboxylic acids is 1. The molecule has 0 unspecified atom stereocenters. The van der Waals surface area contributed by atoms with Crippen LogP contribution < -0.4 is 5.32 Å². The lowest BCUT2D eigenvalue weighted by molar-refractivity contribution is 0.0955. The molecule has 0 saturated heterocycles. The van der Waals surface area contributed by atoms with Crippen LogP contribution in [0.3, 0.4) is 0 Å². The molecule has 1 amide bonds. The Kier molecular flexibility index (Phi) is 3.39. The summed E-state index contributed by atoms with van der Waals surface area (Å²) in [5, 5.41) is 15.9. The molecule has 1 heterocycles. The van der Waals surface area contributed by atoms with Crippen LogP contribution in [-0.4, -0.2) is 22.2 Å². The predicted molar refractivity (Wildman–Crippen MR) is 66.3 cm³/mol. The number of carbonyl (C=O) groups is 1. The molecule has 0 bridgehead atoms. The van der Waals surface area contributed by atoms with Crippen molar-refractivity contribution in [3.8, 4) is 11.8 Å². The first-order valence-electron chi connectivity index (χ1n) is 5.59. The van der Waals surface area contributed by atoms with Gasteiger partial charge in [-0.05, 0) is 19.1 Å². The number of benzene rings is 1. The van der Waals surface area contributed by atoms with Crippen LogP contribution in [0, 0.1) is 11.3 Å². The molecule has 18 heavy (non-hydrogen) atoms. The average molecular weight is 240 g/mol. The van der Waals surface area contributed by atoms with Crippen molar-refractivity contribution in [3.05, 3.63) is 47.8 Å². The van der Waals surface area contributed by atoms with E-state index in [2.05, 4.69) is 10.4 Å². The van der Waals surface area contributed by atoms with Crippen molar-refractivity contribution in [2.45, 2.75) is 6.92 Å². The number of nitrogens with one attached hydrogen (secondary N) is 1. The number of aromatic nitrogens is 2. The number of hydrogen-bond donors (Lipinski definition) is 1. The number of para-hydroxylation sites is 1.